The van der Waals surface area contributed by atoms with Crippen LogP contribution < -0.4 is 0 Å². The van der Waals surface area contributed by atoms with Crippen LogP contribution in [0.15, 0.2) is 0 Å². The van der Waals surface area contributed by atoms with E-state index in [4.69, 9.17) is 4.74 Å². The number of hydrogen-bond donors (Lipinski definition) is 0. The van der Waals surface area contributed by atoms with Gasteiger partial charge in [0.25, 0.3) is 0 Å². The van der Waals surface area contributed by atoms with Gasteiger partial charge in [0.1, 0.15) is 0 Å². The van der Waals surface area contributed by atoms with Crippen molar-refractivity contribution in [1.29, 1.82) is 0 Å². The summed E-state index contributed by atoms with van der Waals surface area (Å²) in [6, 6.07) is 0. The number of hydrogen-bond acceptors (Lipinski definition) is 2. The van der Waals surface area contributed by atoms with Crippen LogP contribution in [0.4, 0.5) is 39.5 Å². The van der Waals surface area contributed by atoms with Crippen molar-refractivity contribution in [3.63, 3.8) is 0 Å². The summed E-state index contributed by atoms with van der Waals surface area (Å²) >= 11 is 0. The number of esters is 1. The Hall–Kier alpha value is -1.16. The number of alkyl halides is 9. The fourth-order valence-electron chi connectivity index (χ4n) is 1.73. The van der Waals surface area contributed by atoms with E-state index in [2.05, 4.69) is 0 Å². The van der Waals surface area contributed by atoms with Crippen molar-refractivity contribution in [2.24, 2.45) is 10.8 Å². The Bertz CT molecular complexity index is 522. The fraction of sp³-hybridized carbons (Fsp3) is 0.938. The molecule has 27 heavy (non-hydrogen) atoms. The Morgan fingerprint density at radius 3 is 1.59 bits per heavy atom. The average molecular weight is 418 g/mol. The van der Waals surface area contributed by atoms with Crippen molar-refractivity contribution in [1.82, 2.24) is 0 Å². The maximum Gasteiger partial charge on any atom is 0.460 e. The van der Waals surface area contributed by atoms with E-state index in [9.17, 15) is 44.3 Å². The Morgan fingerprint density at radius 1 is 0.778 bits per heavy atom. The molecule has 0 heterocycles. The van der Waals surface area contributed by atoms with E-state index in [-0.39, 0.29) is 0 Å². The molecule has 0 rings (SSSR count). The van der Waals surface area contributed by atoms with Crippen molar-refractivity contribution in [2.75, 3.05) is 6.61 Å². The molecule has 0 atom stereocenters. The Kier molecular flexibility index (Phi) is 7.36. The third-order valence-electron chi connectivity index (χ3n) is 4.36. The highest BCUT2D eigenvalue weighted by Gasteiger charge is 2.81. The Labute approximate surface area is 151 Å². The zero-order chi connectivity index (χ0) is 22.1. The van der Waals surface area contributed by atoms with Gasteiger partial charge in [-0.05, 0) is 32.1 Å². The van der Waals surface area contributed by atoms with E-state index in [1.807, 2.05) is 0 Å². The molecular formula is C16H23F9O2. The van der Waals surface area contributed by atoms with Gasteiger partial charge in [-0.3, -0.25) is 4.79 Å². The summed E-state index contributed by atoms with van der Waals surface area (Å²) in [6.07, 6.45) is -9.28. The number of ether oxygens (including phenoxy) is 1. The van der Waals surface area contributed by atoms with E-state index < -0.39 is 60.2 Å². The molecule has 0 saturated heterocycles. The molecule has 0 amide bonds. The quantitative estimate of drug-likeness (QED) is 0.327. The molecule has 2 nitrogen and oxygen atoms in total. The SMILES string of the molecule is CCC(C)(C)C(=O)OCC(C)(C)CCC(F)(F)C(F)(F)C(F)(F)C(F)(F)F. The fourth-order valence-corrected chi connectivity index (χ4v) is 1.73. The zero-order valence-electron chi connectivity index (χ0n) is 15.5. The second-order valence-electron chi connectivity index (χ2n) is 7.83. The van der Waals surface area contributed by atoms with Crippen LogP contribution in [-0.2, 0) is 9.53 Å². The van der Waals surface area contributed by atoms with Crippen molar-refractivity contribution in [3.05, 3.63) is 0 Å². The molecule has 0 N–H and O–H groups in total. The highest BCUT2D eigenvalue weighted by Crippen LogP contribution is 2.54. The smallest absolute Gasteiger partial charge is 0.460 e. The molecule has 0 aliphatic rings. The van der Waals surface area contributed by atoms with Gasteiger partial charge in [-0.15, -0.1) is 0 Å². The Morgan fingerprint density at radius 2 is 1.22 bits per heavy atom. The molecular weight excluding hydrogens is 395 g/mol. The van der Waals surface area contributed by atoms with Crippen LogP contribution in [0.3, 0.4) is 0 Å². The third-order valence-corrected chi connectivity index (χ3v) is 4.36. The summed E-state index contributed by atoms with van der Waals surface area (Å²) in [4.78, 5) is 11.8. The van der Waals surface area contributed by atoms with Crippen LogP contribution >= 0.6 is 0 Å². The zero-order valence-corrected chi connectivity index (χ0v) is 15.5. The van der Waals surface area contributed by atoms with Crippen LogP contribution in [0.25, 0.3) is 0 Å². The van der Waals surface area contributed by atoms with Crippen molar-refractivity contribution in [2.45, 2.75) is 77.8 Å². The van der Waals surface area contributed by atoms with E-state index in [1.165, 1.54) is 13.8 Å². The number of carbonyl (C=O) groups is 1. The first-order valence-corrected chi connectivity index (χ1v) is 8.02. The van der Waals surface area contributed by atoms with Crippen LogP contribution in [0.1, 0.15) is 53.9 Å². The van der Waals surface area contributed by atoms with Gasteiger partial charge in [0.05, 0.1) is 12.0 Å². The maximum atomic E-state index is 13.6. The van der Waals surface area contributed by atoms with E-state index in [1.54, 1.807) is 20.8 Å². The molecule has 0 spiro atoms. The molecule has 0 fully saturated rings. The summed E-state index contributed by atoms with van der Waals surface area (Å²) in [5.74, 6) is -19.8. The molecule has 0 radical (unpaired) electrons. The summed E-state index contributed by atoms with van der Waals surface area (Å²) in [6.45, 7) is 6.76. The van der Waals surface area contributed by atoms with Gasteiger partial charge in [-0.1, -0.05) is 20.8 Å². The second-order valence-corrected chi connectivity index (χ2v) is 7.83. The molecule has 0 aromatic rings. The van der Waals surface area contributed by atoms with Gasteiger partial charge < -0.3 is 4.74 Å². The summed E-state index contributed by atoms with van der Waals surface area (Å²) < 4.78 is 120. The van der Waals surface area contributed by atoms with Gasteiger partial charge >= 0.3 is 29.9 Å². The molecule has 0 saturated carbocycles. The standard InChI is InChI=1S/C16H23F9O2/c1-6-12(4,5)10(26)27-9-11(2,3)7-8-13(17,18)14(19,20)15(21,22)16(23,24)25/h6-9H2,1-5H3. The first-order chi connectivity index (χ1) is 11.6. The van der Waals surface area contributed by atoms with Crippen LogP contribution in [0.2, 0.25) is 0 Å². The minimum absolute atomic E-state index is 0.392. The van der Waals surface area contributed by atoms with Crippen LogP contribution in [0, 0.1) is 10.8 Å². The number of halogens is 9. The molecule has 0 aromatic carbocycles. The lowest BCUT2D eigenvalue weighted by molar-refractivity contribution is -0.397. The van der Waals surface area contributed by atoms with Gasteiger partial charge in [-0.25, -0.2) is 0 Å². The predicted molar refractivity (Wildman–Crippen MR) is 78.9 cm³/mol. The van der Waals surface area contributed by atoms with Gasteiger partial charge in [-0.2, -0.15) is 39.5 Å². The molecule has 11 heteroatoms. The molecule has 0 unspecified atom stereocenters. The van der Waals surface area contributed by atoms with Gasteiger partial charge in [0, 0.05) is 6.42 Å². The highest BCUT2D eigenvalue weighted by molar-refractivity contribution is 5.75. The minimum atomic E-state index is -6.90. The predicted octanol–water partition coefficient (Wildman–Crippen LogP) is 6.24. The first kappa shape index (κ1) is 25.8. The number of carbonyl (C=O) groups excluding carboxylic acids is 1. The second kappa shape index (κ2) is 7.69. The van der Waals surface area contributed by atoms with E-state index in [0.29, 0.717) is 6.42 Å². The topological polar surface area (TPSA) is 26.3 Å². The molecule has 0 aromatic heterocycles. The van der Waals surface area contributed by atoms with E-state index >= 15 is 0 Å². The molecule has 162 valence electrons. The van der Waals surface area contributed by atoms with Crippen LogP contribution in [0.5, 0.6) is 0 Å². The summed E-state index contributed by atoms with van der Waals surface area (Å²) in [5, 5.41) is 0. The van der Waals surface area contributed by atoms with Gasteiger partial charge in [0.15, 0.2) is 0 Å². The van der Waals surface area contributed by atoms with Crippen molar-refractivity contribution < 1.29 is 49.0 Å². The monoisotopic (exact) mass is 418 g/mol. The largest absolute Gasteiger partial charge is 0.465 e. The summed E-state index contributed by atoms with van der Waals surface area (Å²) in [7, 11) is 0. The Balaban J connectivity index is 5.14. The highest BCUT2D eigenvalue weighted by atomic mass is 19.4. The third kappa shape index (κ3) is 5.66. The lowest BCUT2D eigenvalue weighted by Crippen LogP contribution is -2.60. The lowest BCUT2D eigenvalue weighted by Gasteiger charge is -2.35. The minimum Gasteiger partial charge on any atom is -0.465 e. The summed E-state index contributed by atoms with van der Waals surface area (Å²) in [5.41, 5.74) is -2.24. The molecule has 0 aliphatic heterocycles. The lowest BCUT2D eigenvalue weighted by atomic mass is 9.85. The van der Waals surface area contributed by atoms with Crippen molar-refractivity contribution in [3.8, 4) is 0 Å². The molecule has 0 aliphatic carbocycles. The number of rotatable bonds is 9. The first-order valence-electron chi connectivity index (χ1n) is 8.02. The van der Waals surface area contributed by atoms with Crippen molar-refractivity contribution >= 4 is 5.97 Å². The van der Waals surface area contributed by atoms with E-state index in [0.717, 1.165) is 0 Å². The van der Waals surface area contributed by atoms with Crippen LogP contribution in [-0.4, -0.2) is 36.5 Å². The van der Waals surface area contributed by atoms with Gasteiger partial charge in [0.2, 0.25) is 0 Å². The average Bonchev–Trinajstić information content (AvgIpc) is 2.49. The molecule has 0 bridgehead atoms. The maximum absolute atomic E-state index is 13.6. The normalized spacial score (nSPS) is 15.0.